The topological polar surface area (TPSA) is 52.6 Å². The molecule has 4 nitrogen and oxygen atoms in total. The molecule has 1 unspecified atom stereocenters. The molecule has 1 aromatic carbocycles. The molecule has 0 bridgehead atoms. The van der Waals surface area contributed by atoms with E-state index in [2.05, 4.69) is 40.5 Å². The van der Waals surface area contributed by atoms with Gasteiger partial charge in [0.1, 0.15) is 0 Å². The van der Waals surface area contributed by atoms with Gasteiger partial charge in [0, 0.05) is 31.6 Å². The summed E-state index contributed by atoms with van der Waals surface area (Å²) in [5, 5.41) is 13.1. The van der Waals surface area contributed by atoms with Gasteiger partial charge in [0.05, 0.1) is 6.10 Å². The van der Waals surface area contributed by atoms with E-state index >= 15 is 0 Å². The van der Waals surface area contributed by atoms with Crippen LogP contribution >= 0.6 is 0 Å². The van der Waals surface area contributed by atoms with E-state index in [0.717, 1.165) is 45.2 Å². The molecule has 1 heterocycles. The number of aliphatic hydroxyl groups is 1. The van der Waals surface area contributed by atoms with Gasteiger partial charge >= 0.3 is 0 Å². The molecule has 4 heteroatoms. The molecule has 4 rings (SSSR count). The second-order valence-corrected chi connectivity index (χ2v) is 8.26. The first-order valence-corrected chi connectivity index (χ1v) is 9.95. The minimum absolute atomic E-state index is 0.179. The Hall–Kier alpha value is -1.39. The quantitative estimate of drug-likeness (QED) is 0.865. The van der Waals surface area contributed by atoms with Gasteiger partial charge in [-0.2, -0.15) is 0 Å². The maximum atomic E-state index is 12.5. The lowest BCUT2D eigenvalue weighted by Crippen LogP contribution is -2.48. The third kappa shape index (κ3) is 3.90. The van der Waals surface area contributed by atoms with Crippen molar-refractivity contribution >= 4 is 5.91 Å². The van der Waals surface area contributed by atoms with E-state index in [1.165, 1.54) is 12.0 Å². The second-order valence-electron chi connectivity index (χ2n) is 8.26. The Morgan fingerprint density at radius 1 is 1.16 bits per heavy atom. The van der Waals surface area contributed by atoms with E-state index in [0.29, 0.717) is 24.3 Å². The Labute approximate surface area is 150 Å². The molecule has 1 aromatic rings. The smallest absolute Gasteiger partial charge is 0.220 e. The van der Waals surface area contributed by atoms with Crippen molar-refractivity contribution in [3.8, 4) is 0 Å². The molecule has 0 aromatic heterocycles. The molecular weight excluding hydrogens is 312 g/mol. The van der Waals surface area contributed by atoms with Crippen molar-refractivity contribution in [2.24, 2.45) is 5.92 Å². The van der Waals surface area contributed by atoms with Gasteiger partial charge in [-0.05, 0) is 55.9 Å². The summed E-state index contributed by atoms with van der Waals surface area (Å²) in [7, 11) is 0. The zero-order valence-electron chi connectivity index (χ0n) is 14.9. The van der Waals surface area contributed by atoms with Crippen molar-refractivity contribution in [2.75, 3.05) is 13.1 Å². The summed E-state index contributed by atoms with van der Waals surface area (Å²) < 4.78 is 0. The highest BCUT2D eigenvalue weighted by molar-refractivity contribution is 5.76. The highest BCUT2D eigenvalue weighted by Gasteiger charge is 2.37. The molecule has 3 fully saturated rings. The fraction of sp³-hybridized carbons (Fsp3) is 0.667. The van der Waals surface area contributed by atoms with Gasteiger partial charge in [0.2, 0.25) is 5.91 Å². The van der Waals surface area contributed by atoms with Crippen LogP contribution in [-0.2, 0) is 4.79 Å². The van der Waals surface area contributed by atoms with Crippen LogP contribution in [0.2, 0.25) is 0 Å². The largest absolute Gasteiger partial charge is 0.392 e. The number of amides is 1. The Balaban J connectivity index is 1.23. The molecule has 1 saturated heterocycles. The third-order valence-corrected chi connectivity index (χ3v) is 6.47. The molecule has 2 N–H and O–H groups in total. The molecule has 1 amide bonds. The number of hydrogen-bond acceptors (Lipinski definition) is 3. The normalized spacial score (nSPS) is 35.5. The fourth-order valence-electron chi connectivity index (χ4n) is 5.04. The summed E-state index contributed by atoms with van der Waals surface area (Å²) in [5.74, 6) is 1.41. The van der Waals surface area contributed by atoms with Crippen molar-refractivity contribution in [1.82, 2.24) is 10.2 Å². The zero-order valence-corrected chi connectivity index (χ0v) is 14.9. The Kier molecular flexibility index (Phi) is 5.09. The number of aliphatic hydroxyl groups excluding tert-OH is 1. The maximum Gasteiger partial charge on any atom is 0.220 e. The minimum atomic E-state index is -0.179. The summed E-state index contributed by atoms with van der Waals surface area (Å²) in [5.41, 5.74) is 1.42. The van der Waals surface area contributed by atoms with E-state index in [1.54, 1.807) is 0 Å². The van der Waals surface area contributed by atoms with E-state index in [-0.39, 0.29) is 18.1 Å². The lowest BCUT2D eigenvalue weighted by Gasteiger charge is -2.36. The highest BCUT2D eigenvalue weighted by Crippen LogP contribution is 2.43. The van der Waals surface area contributed by atoms with Gasteiger partial charge in [0.15, 0.2) is 0 Å². The Bertz CT molecular complexity index is 585. The van der Waals surface area contributed by atoms with Gasteiger partial charge in [-0.25, -0.2) is 0 Å². The van der Waals surface area contributed by atoms with E-state index in [4.69, 9.17) is 0 Å². The standard InChI is InChI=1S/C21H30N2O2/c24-18-9-10-23(14-18)20-8-4-7-19(20)22-21(25)13-15-11-17(12-15)16-5-2-1-3-6-16/h1-3,5-6,15,17-20,24H,4,7-14H2,(H,22,25)/t15?,17?,18?,19-,20+/m1/s1. The second kappa shape index (κ2) is 7.46. The van der Waals surface area contributed by atoms with Crippen LogP contribution in [0, 0.1) is 5.92 Å². The first kappa shape index (κ1) is 17.0. The summed E-state index contributed by atoms with van der Waals surface area (Å²) in [6.45, 7) is 1.75. The van der Waals surface area contributed by atoms with Gasteiger partial charge < -0.3 is 10.4 Å². The average molecular weight is 342 g/mol. The van der Waals surface area contributed by atoms with Crippen molar-refractivity contribution < 1.29 is 9.90 Å². The van der Waals surface area contributed by atoms with Crippen LogP contribution in [0.3, 0.4) is 0 Å². The molecule has 136 valence electrons. The summed E-state index contributed by atoms with van der Waals surface area (Å²) in [6.07, 6.45) is 7.07. The van der Waals surface area contributed by atoms with Crippen molar-refractivity contribution in [2.45, 2.75) is 69.1 Å². The zero-order chi connectivity index (χ0) is 17.2. The monoisotopic (exact) mass is 342 g/mol. The summed E-state index contributed by atoms with van der Waals surface area (Å²) >= 11 is 0. The predicted molar refractivity (Wildman–Crippen MR) is 98.3 cm³/mol. The molecule has 2 aliphatic carbocycles. The molecular formula is C21H30N2O2. The fourth-order valence-corrected chi connectivity index (χ4v) is 5.04. The molecule has 3 aliphatic rings. The van der Waals surface area contributed by atoms with Crippen LogP contribution < -0.4 is 5.32 Å². The summed E-state index contributed by atoms with van der Waals surface area (Å²) in [4.78, 5) is 14.9. The number of nitrogens with one attached hydrogen (secondary N) is 1. The lowest BCUT2D eigenvalue weighted by molar-refractivity contribution is -0.123. The molecule has 2 saturated carbocycles. The first-order valence-electron chi connectivity index (χ1n) is 9.95. The lowest BCUT2D eigenvalue weighted by atomic mass is 9.70. The highest BCUT2D eigenvalue weighted by atomic mass is 16.3. The van der Waals surface area contributed by atoms with Crippen molar-refractivity contribution in [1.29, 1.82) is 0 Å². The number of carbonyl (C=O) groups is 1. The molecule has 1 aliphatic heterocycles. The Morgan fingerprint density at radius 2 is 1.96 bits per heavy atom. The van der Waals surface area contributed by atoms with Crippen molar-refractivity contribution in [3.05, 3.63) is 35.9 Å². The van der Waals surface area contributed by atoms with Crippen LogP contribution in [-0.4, -0.2) is 47.2 Å². The number of likely N-dealkylation sites (tertiary alicyclic amines) is 1. The minimum Gasteiger partial charge on any atom is -0.392 e. The van der Waals surface area contributed by atoms with Crippen LogP contribution in [0.4, 0.5) is 0 Å². The third-order valence-electron chi connectivity index (χ3n) is 6.47. The number of nitrogens with zero attached hydrogens (tertiary/aromatic N) is 1. The van der Waals surface area contributed by atoms with E-state index < -0.39 is 0 Å². The SMILES string of the molecule is O=C(CC1CC(c2ccccc2)C1)N[C@@H]1CCC[C@@H]1N1CCC(O)C1. The van der Waals surface area contributed by atoms with Crippen molar-refractivity contribution in [3.63, 3.8) is 0 Å². The number of benzene rings is 1. The van der Waals surface area contributed by atoms with Crippen LogP contribution in [0.15, 0.2) is 30.3 Å². The van der Waals surface area contributed by atoms with E-state index in [1.807, 2.05) is 0 Å². The number of β-amino-alcohol motifs (C(OH)–C–C–N with tert-alkyl or cyclic N) is 1. The number of hydrogen-bond donors (Lipinski definition) is 2. The first-order chi connectivity index (χ1) is 12.2. The van der Waals surface area contributed by atoms with Gasteiger partial charge in [0.25, 0.3) is 0 Å². The number of carbonyl (C=O) groups excluding carboxylic acids is 1. The van der Waals surface area contributed by atoms with Crippen LogP contribution in [0.25, 0.3) is 0 Å². The van der Waals surface area contributed by atoms with E-state index in [9.17, 15) is 9.90 Å². The van der Waals surface area contributed by atoms with Gasteiger partial charge in [-0.15, -0.1) is 0 Å². The van der Waals surface area contributed by atoms with Gasteiger partial charge in [-0.1, -0.05) is 30.3 Å². The molecule has 0 radical (unpaired) electrons. The van der Waals surface area contributed by atoms with Crippen LogP contribution in [0.1, 0.15) is 56.4 Å². The average Bonchev–Trinajstić information content (AvgIpc) is 3.20. The molecule has 0 spiro atoms. The maximum absolute atomic E-state index is 12.5. The Morgan fingerprint density at radius 3 is 2.68 bits per heavy atom. The van der Waals surface area contributed by atoms with Gasteiger partial charge in [-0.3, -0.25) is 9.69 Å². The summed E-state index contributed by atoms with van der Waals surface area (Å²) in [6, 6.07) is 11.4. The van der Waals surface area contributed by atoms with Crippen LogP contribution in [0.5, 0.6) is 0 Å². The molecule has 25 heavy (non-hydrogen) atoms. The number of rotatable bonds is 5. The molecule has 3 atom stereocenters. The predicted octanol–water partition coefficient (Wildman–Crippen LogP) is 2.67.